The van der Waals surface area contributed by atoms with Crippen LogP contribution in [0.25, 0.3) is 0 Å². The van der Waals surface area contributed by atoms with Gasteiger partial charge in [-0.1, -0.05) is 19.9 Å². The van der Waals surface area contributed by atoms with E-state index in [-0.39, 0.29) is 5.60 Å². The zero-order chi connectivity index (χ0) is 23.3. The fourth-order valence-corrected chi connectivity index (χ4v) is 2.40. The van der Waals surface area contributed by atoms with E-state index >= 15 is 0 Å². The number of aromatic nitrogens is 1. The molecule has 0 bridgehead atoms. The molecule has 1 atom stereocenters. The topological polar surface area (TPSA) is 95.0 Å². The highest BCUT2D eigenvalue weighted by molar-refractivity contribution is 7.80. The molecular formula is C21H35N7OS2. The van der Waals surface area contributed by atoms with Gasteiger partial charge in [-0.25, -0.2) is 0 Å². The number of hydrogen-bond acceptors (Lipinski definition) is 6. The van der Waals surface area contributed by atoms with Crippen molar-refractivity contribution in [2.45, 2.75) is 53.1 Å². The Morgan fingerprint density at radius 2 is 1.90 bits per heavy atom. The molecule has 31 heavy (non-hydrogen) atoms. The van der Waals surface area contributed by atoms with Gasteiger partial charge in [0.15, 0.2) is 10.2 Å². The summed E-state index contributed by atoms with van der Waals surface area (Å²) in [7, 11) is 1.72. The third kappa shape index (κ3) is 11.1. The Morgan fingerprint density at radius 1 is 1.19 bits per heavy atom. The van der Waals surface area contributed by atoms with Crippen LogP contribution in [0.2, 0.25) is 0 Å². The Morgan fingerprint density at radius 3 is 2.52 bits per heavy atom. The molecule has 0 saturated carbocycles. The molecule has 10 heteroatoms. The van der Waals surface area contributed by atoms with E-state index < -0.39 is 0 Å². The highest BCUT2D eigenvalue weighted by Crippen LogP contribution is 2.14. The number of rotatable bonds is 11. The summed E-state index contributed by atoms with van der Waals surface area (Å²) < 4.78 is 5.91. The first-order valence-electron chi connectivity index (χ1n) is 10.4. The minimum Gasteiger partial charge on any atom is -0.376 e. The summed E-state index contributed by atoms with van der Waals surface area (Å²) >= 11 is 10.4. The quantitative estimate of drug-likeness (QED) is 0.225. The molecule has 1 unspecified atom stereocenters. The molecule has 1 rings (SSSR count). The van der Waals surface area contributed by atoms with Gasteiger partial charge in [0.1, 0.15) is 5.71 Å². The van der Waals surface area contributed by atoms with Crippen LogP contribution in [0.1, 0.15) is 53.2 Å². The van der Waals surface area contributed by atoms with E-state index in [9.17, 15) is 0 Å². The zero-order valence-corrected chi connectivity index (χ0v) is 20.9. The van der Waals surface area contributed by atoms with Crippen molar-refractivity contribution >= 4 is 46.1 Å². The normalized spacial score (nSPS) is 13.4. The van der Waals surface area contributed by atoms with Crippen LogP contribution in [0, 0.1) is 5.92 Å². The molecule has 0 aromatic carbocycles. The zero-order valence-electron chi connectivity index (χ0n) is 19.3. The Bertz CT molecular complexity index is 766. The largest absolute Gasteiger partial charge is 0.376 e. The summed E-state index contributed by atoms with van der Waals surface area (Å²) in [6.45, 7) is 11.8. The molecule has 0 spiro atoms. The molecule has 0 amide bonds. The fourth-order valence-electron chi connectivity index (χ4n) is 2.22. The van der Waals surface area contributed by atoms with E-state index in [2.05, 4.69) is 64.4 Å². The molecule has 0 aliphatic carbocycles. The summed E-state index contributed by atoms with van der Waals surface area (Å²) in [4.78, 5) is 4.34. The second-order valence-electron chi connectivity index (χ2n) is 7.74. The van der Waals surface area contributed by atoms with Crippen LogP contribution < -0.4 is 21.5 Å². The standard InChI is InChI=1S/C21H35N7OS2/c1-7-21(4,5)29-13-11-15(2)14-24-20(31)28-25-16(3)18(26-27-19(30)22-6)17-10-8-9-12-23-17/h8-10,12,15H,7,11,13-14H2,1-6H3,(H2,22,27,30)(H2,24,28,31)/b25-16+,26-18-. The molecule has 0 aliphatic rings. The Kier molecular flexibility index (Phi) is 12.1. The van der Waals surface area contributed by atoms with Crippen molar-refractivity contribution in [3.8, 4) is 0 Å². The Hall–Kier alpha value is -2.17. The number of pyridine rings is 1. The maximum absolute atomic E-state index is 5.91. The van der Waals surface area contributed by atoms with Crippen molar-refractivity contribution in [3.05, 3.63) is 30.1 Å². The van der Waals surface area contributed by atoms with Crippen LogP contribution in [-0.4, -0.2) is 52.4 Å². The van der Waals surface area contributed by atoms with Gasteiger partial charge in [-0.3, -0.25) is 15.8 Å². The highest BCUT2D eigenvalue weighted by Gasteiger charge is 2.15. The summed E-state index contributed by atoms with van der Waals surface area (Å²) in [6, 6.07) is 5.57. The molecule has 0 radical (unpaired) electrons. The van der Waals surface area contributed by atoms with E-state index in [1.54, 1.807) is 13.2 Å². The van der Waals surface area contributed by atoms with E-state index in [0.29, 0.717) is 33.3 Å². The van der Waals surface area contributed by atoms with E-state index in [4.69, 9.17) is 29.2 Å². The maximum atomic E-state index is 5.91. The molecular weight excluding hydrogens is 430 g/mol. The molecule has 8 nitrogen and oxygen atoms in total. The van der Waals surface area contributed by atoms with Gasteiger partial charge in [-0.15, -0.1) is 0 Å². The van der Waals surface area contributed by atoms with Gasteiger partial charge < -0.3 is 15.4 Å². The number of hydrazone groups is 2. The van der Waals surface area contributed by atoms with Crippen molar-refractivity contribution < 1.29 is 4.74 Å². The second kappa shape index (κ2) is 14.0. The number of ether oxygens (including phenoxy) is 1. The van der Waals surface area contributed by atoms with E-state index in [1.807, 2.05) is 25.1 Å². The Balaban J connectivity index is 2.60. The first-order chi connectivity index (χ1) is 14.7. The third-order valence-electron chi connectivity index (χ3n) is 4.64. The lowest BCUT2D eigenvalue weighted by Crippen LogP contribution is -2.36. The first kappa shape index (κ1) is 26.9. The van der Waals surface area contributed by atoms with Gasteiger partial charge >= 0.3 is 0 Å². The van der Waals surface area contributed by atoms with Crippen LogP contribution in [0.5, 0.6) is 0 Å². The van der Waals surface area contributed by atoms with Crippen LogP contribution in [0.15, 0.2) is 34.6 Å². The van der Waals surface area contributed by atoms with E-state index in [0.717, 1.165) is 26.0 Å². The molecule has 4 N–H and O–H groups in total. The van der Waals surface area contributed by atoms with Crippen molar-refractivity contribution in [2.75, 3.05) is 20.2 Å². The summed E-state index contributed by atoms with van der Waals surface area (Å²) in [5, 5.41) is 15.5. The van der Waals surface area contributed by atoms with Crippen LogP contribution >= 0.6 is 24.4 Å². The average Bonchev–Trinajstić information content (AvgIpc) is 2.76. The van der Waals surface area contributed by atoms with Crippen molar-refractivity contribution in [3.63, 3.8) is 0 Å². The summed E-state index contributed by atoms with van der Waals surface area (Å²) in [6.07, 6.45) is 3.64. The Labute approximate surface area is 196 Å². The average molecular weight is 466 g/mol. The molecule has 0 fully saturated rings. The third-order valence-corrected chi connectivity index (χ3v) is 5.17. The number of thiocarbonyl (C=S) groups is 2. The predicted molar refractivity (Wildman–Crippen MR) is 137 cm³/mol. The SMILES string of the molecule is CCC(C)(C)OCCC(C)CNC(=S)N/N=C(C)/C(=N/NC(=S)NC)c1ccccn1. The lowest BCUT2D eigenvalue weighted by Gasteiger charge is -2.24. The lowest BCUT2D eigenvalue weighted by molar-refractivity contribution is -0.0248. The van der Waals surface area contributed by atoms with Crippen LogP contribution in [0.3, 0.4) is 0 Å². The lowest BCUT2D eigenvalue weighted by atomic mass is 10.1. The fraction of sp³-hybridized carbons (Fsp3) is 0.571. The number of hydrogen-bond donors (Lipinski definition) is 4. The molecule has 1 heterocycles. The van der Waals surface area contributed by atoms with Crippen molar-refractivity contribution in [1.82, 2.24) is 26.5 Å². The van der Waals surface area contributed by atoms with Gasteiger partial charge in [0, 0.05) is 26.4 Å². The molecule has 0 saturated heterocycles. The van der Waals surface area contributed by atoms with Crippen LogP contribution in [0.4, 0.5) is 0 Å². The number of nitrogens with zero attached hydrogens (tertiary/aromatic N) is 3. The van der Waals surface area contributed by atoms with Gasteiger partial charge in [0.05, 0.1) is 17.0 Å². The molecule has 1 aromatic heterocycles. The molecule has 1 aromatic rings. The first-order valence-corrected chi connectivity index (χ1v) is 11.2. The van der Waals surface area contributed by atoms with Crippen LogP contribution in [-0.2, 0) is 4.74 Å². The van der Waals surface area contributed by atoms with Gasteiger partial charge in [-0.05, 0) is 76.1 Å². The predicted octanol–water partition coefficient (Wildman–Crippen LogP) is 2.95. The smallest absolute Gasteiger partial charge is 0.186 e. The van der Waals surface area contributed by atoms with Gasteiger partial charge in [0.25, 0.3) is 0 Å². The van der Waals surface area contributed by atoms with Gasteiger partial charge in [0.2, 0.25) is 0 Å². The maximum Gasteiger partial charge on any atom is 0.186 e. The minimum absolute atomic E-state index is 0.0745. The monoisotopic (exact) mass is 465 g/mol. The minimum atomic E-state index is -0.0745. The molecule has 0 aliphatic heterocycles. The van der Waals surface area contributed by atoms with Crippen molar-refractivity contribution in [2.24, 2.45) is 16.1 Å². The van der Waals surface area contributed by atoms with Crippen molar-refractivity contribution in [1.29, 1.82) is 0 Å². The second-order valence-corrected chi connectivity index (χ2v) is 8.56. The molecule has 172 valence electrons. The summed E-state index contributed by atoms with van der Waals surface area (Å²) in [5.41, 5.74) is 7.40. The van der Waals surface area contributed by atoms with E-state index in [1.165, 1.54) is 0 Å². The highest BCUT2D eigenvalue weighted by atomic mass is 32.1. The summed E-state index contributed by atoms with van der Waals surface area (Å²) in [5.74, 6) is 0.412. The van der Waals surface area contributed by atoms with Gasteiger partial charge in [-0.2, -0.15) is 10.2 Å². The number of nitrogens with one attached hydrogen (secondary N) is 4.